The zero-order valence-corrected chi connectivity index (χ0v) is 23.0. The molecule has 3 aromatic rings. The van der Waals surface area contributed by atoms with Crippen molar-refractivity contribution in [1.82, 2.24) is 25.5 Å². The van der Waals surface area contributed by atoms with Crippen LogP contribution in [0.2, 0.25) is 5.02 Å². The number of halogens is 1. The number of benzene rings is 2. The van der Waals surface area contributed by atoms with Crippen LogP contribution in [-0.2, 0) is 9.59 Å². The van der Waals surface area contributed by atoms with E-state index in [9.17, 15) is 14.4 Å². The quantitative estimate of drug-likeness (QED) is 0.202. The van der Waals surface area contributed by atoms with Crippen molar-refractivity contribution >= 4 is 52.5 Å². The summed E-state index contributed by atoms with van der Waals surface area (Å²) in [5.41, 5.74) is 3.00. The molecule has 1 saturated heterocycles. The van der Waals surface area contributed by atoms with Crippen LogP contribution in [0.3, 0.4) is 0 Å². The first-order valence-corrected chi connectivity index (χ1v) is 13.4. The van der Waals surface area contributed by atoms with Crippen LogP contribution in [-0.4, -0.2) is 59.3 Å². The fraction of sp³-hybridized carbons (Fsp3) is 0.276. The molecule has 2 aromatic carbocycles. The highest BCUT2D eigenvalue weighted by Gasteiger charge is 2.27. The van der Waals surface area contributed by atoms with Crippen molar-refractivity contribution in [3.8, 4) is 0 Å². The maximum Gasteiger partial charge on any atom is 0.253 e. The predicted octanol–water partition coefficient (Wildman–Crippen LogP) is 4.38. The van der Waals surface area contributed by atoms with E-state index in [0.717, 1.165) is 24.2 Å². The van der Waals surface area contributed by atoms with E-state index in [1.165, 1.54) is 12.3 Å². The summed E-state index contributed by atoms with van der Waals surface area (Å²) in [6, 6.07) is 15.1. The van der Waals surface area contributed by atoms with Gasteiger partial charge in [-0.15, -0.1) is 0 Å². The van der Waals surface area contributed by atoms with Gasteiger partial charge in [0, 0.05) is 44.7 Å². The van der Waals surface area contributed by atoms with Gasteiger partial charge in [-0.3, -0.25) is 14.4 Å². The van der Waals surface area contributed by atoms with Gasteiger partial charge in [-0.25, -0.2) is 4.98 Å². The zero-order chi connectivity index (χ0) is 28.5. The molecule has 1 aromatic heterocycles. The van der Waals surface area contributed by atoms with E-state index in [0.29, 0.717) is 54.0 Å². The average molecular weight is 562 g/mol. The largest absolute Gasteiger partial charge is 0.355 e. The number of hydrogen-bond donors (Lipinski definition) is 4. The van der Waals surface area contributed by atoms with Crippen LogP contribution in [0.15, 0.2) is 67.4 Å². The predicted molar refractivity (Wildman–Crippen MR) is 156 cm³/mol. The first-order chi connectivity index (χ1) is 19.4. The Labute approximate surface area is 238 Å². The molecule has 0 radical (unpaired) electrons. The highest BCUT2D eigenvalue weighted by molar-refractivity contribution is 6.33. The summed E-state index contributed by atoms with van der Waals surface area (Å²) in [6.45, 7) is 5.27. The van der Waals surface area contributed by atoms with E-state index in [1.807, 2.05) is 35.2 Å². The van der Waals surface area contributed by atoms with Crippen molar-refractivity contribution in [2.75, 3.05) is 37.3 Å². The van der Waals surface area contributed by atoms with Gasteiger partial charge in [0.2, 0.25) is 17.8 Å². The van der Waals surface area contributed by atoms with Crippen LogP contribution in [0.1, 0.15) is 41.1 Å². The number of para-hydroxylation sites is 1. The molecule has 0 saturated carbocycles. The van der Waals surface area contributed by atoms with Crippen molar-refractivity contribution in [2.24, 2.45) is 0 Å². The lowest BCUT2D eigenvalue weighted by molar-refractivity contribution is -0.130. The van der Waals surface area contributed by atoms with Gasteiger partial charge < -0.3 is 26.2 Å². The molecule has 0 aliphatic carbocycles. The average Bonchev–Trinajstić information content (AvgIpc) is 3.47. The number of rotatable bonds is 11. The maximum atomic E-state index is 12.6. The molecule has 10 nitrogen and oxygen atoms in total. The van der Waals surface area contributed by atoms with E-state index in [4.69, 9.17) is 11.6 Å². The van der Waals surface area contributed by atoms with Crippen molar-refractivity contribution < 1.29 is 14.4 Å². The van der Waals surface area contributed by atoms with Crippen LogP contribution < -0.4 is 21.3 Å². The van der Waals surface area contributed by atoms with Crippen LogP contribution in [0, 0.1) is 0 Å². The third kappa shape index (κ3) is 7.35. The number of aromatic nitrogens is 2. The van der Waals surface area contributed by atoms with Gasteiger partial charge in [-0.05, 0) is 48.7 Å². The third-order valence-electron chi connectivity index (χ3n) is 6.63. The maximum absolute atomic E-state index is 12.6. The van der Waals surface area contributed by atoms with Crippen LogP contribution in [0.5, 0.6) is 0 Å². The number of nitrogens with one attached hydrogen (secondary N) is 4. The van der Waals surface area contributed by atoms with Crippen molar-refractivity contribution in [3.05, 3.63) is 83.5 Å². The number of anilines is 4. The van der Waals surface area contributed by atoms with Gasteiger partial charge in [0.1, 0.15) is 5.02 Å². The normalized spacial score (nSPS) is 14.3. The number of likely N-dealkylation sites (tertiary alicyclic amines) is 1. The molecule has 4 N–H and O–H groups in total. The number of hydrogen-bond acceptors (Lipinski definition) is 7. The topological polar surface area (TPSA) is 128 Å². The standard InChI is InChI=1S/C29H32ClN7O3/c1-3-25(38)32-15-6-9-26(39)37-16-14-20(18-37)19-10-12-21(13-11-19)34-29-33-17-23(30)27(36-29)35-24-8-5-4-7-22(24)28(40)31-2/h3-5,7-8,10-13,17,20H,1,6,9,14-16,18H2,2H3,(H,31,40)(H,32,38)(H2,33,34,35,36). The van der Waals surface area contributed by atoms with Crippen LogP contribution >= 0.6 is 11.6 Å². The summed E-state index contributed by atoms with van der Waals surface area (Å²) in [5, 5.41) is 11.9. The lowest BCUT2D eigenvalue weighted by atomic mass is 9.98. The molecule has 1 fully saturated rings. The van der Waals surface area contributed by atoms with E-state index in [2.05, 4.69) is 37.8 Å². The molecule has 11 heteroatoms. The molecule has 0 bridgehead atoms. The fourth-order valence-electron chi connectivity index (χ4n) is 4.48. The van der Waals surface area contributed by atoms with E-state index in [1.54, 1.807) is 25.2 Å². The van der Waals surface area contributed by atoms with Gasteiger partial charge in [-0.2, -0.15) is 4.98 Å². The molecule has 0 spiro atoms. The Morgan fingerprint density at radius 3 is 2.65 bits per heavy atom. The minimum atomic E-state index is -0.227. The van der Waals surface area contributed by atoms with Crippen molar-refractivity contribution in [1.29, 1.82) is 0 Å². The number of carbonyl (C=O) groups is 3. The highest BCUT2D eigenvalue weighted by Crippen LogP contribution is 2.30. The SMILES string of the molecule is C=CC(=O)NCCCC(=O)N1CCC(c2ccc(Nc3ncc(Cl)c(Nc4ccccc4C(=O)NC)n3)cc2)C1. The molecule has 4 rings (SSSR count). The smallest absolute Gasteiger partial charge is 0.253 e. The Kier molecular flexibility index (Phi) is 9.69. The Morgan fingerprint density at radius 1 is 1.12 bits per heavy atom. The molecule has 40 heavy (non-hydrogen) atoms. The highest BCUT2D eigenvalue weighted by atomic mass is 35.5. The molecule has 1 atom stereocenters. The van der Waals surface area contributed by atoms with E-state index < -0.39 is 0 Å². The second kappa shape index (κ2) is 13.6. The molecule has 1 unspecified atom stereocenters. The molecule has 1 aliphatic heterocycles. The molecule has 1 aliphatic rings. The summed E-state index contributed by atoms with van der Waals surface area (Å²) < 4.78 is 0. The summed E-state index contributed by atoms with van der Waals surface area (Å²) in [4.78, 5) is 46.7. The summed E-state index contributed by atoms with van der Waals surface area (Å²) in [6.07, 6.45) is 4.63. The second-order valence-electron chi connectivity index (χ2n) is 9.31. The second-order valence-corrected chi connectivity index (χ2v) is 9.72. The van der Waals surface area contributed by atoms with Gasteiger partial charge >= 0.3 is 0 Å². The molecule has 3 amide bonds. The number of nitrogens with zero attached hydrogens (tertiary/aromatic N) is 3. The van der Waals surface area contributed by atoms with Gasteiger partial charge in [-0.1, -0.05) is 42.4 Å². The summed E-state index contributed by atoms with van der Waals surface area (Å²) in [5.74, 6) is 0.632. The molecule has 208 valence electrons. The Hall–Kier alpha value is -4.44. The van der Waals surface area contributed by atoms with Crippen LogP contribution in [0.25, 0.3) is 0 Å². The lowest BCUT2D eigenvalue weighted by Gasteiger charge is -2.17. The first kappa shape index (κ1) is 28.6. The van der Waals surface area contributed by atoms with Crippen molar-refractivity contribution in [2.45, 2.75) is 25.2 Å². The Bertz CT molecular complexity index is 1380. The van der Waals surface area contributed by atoms with Crippen LogP contribution in [0.4, 0.5) is 23.1 Å². The summed E-state index contributed by atoms with van der Waals surface area (Å²) in [7, 11) is 1.57. The van der Waals surface area contributed by atoms with Gasteiger partial charge in [0.05, 0.1) is 17.4 Å². The van der Waals surface area contributed by atoms with Gasteiger partial charge in [0.25, 0.3) is 5.91 Å². The molecule has 2 heterocycles. The van der Waals surface area contributed by atoms with Gasteiger partial charge in [0.15, 0.2) is 5.82 Å². The van der Waals surface area contributed by atoms with E-state index >= 15 is 0 Å². The number of carbonyl (C=O) groups excluding carboxylic acids is 3. The Balaban J connectivity index is 1.34. The molecular formula is C29H32ClN7O3. The number of amides is 3. The minimum Gasteiger partial charge on any atom is -0.355 e. The zero-order valence-electron chi connectivity index (χ0n) is 22.2. The Morgan fingerprint density at radius 2 is 1.90 bits per heavy atom. The lowest BCUT2D eigenvalue weighted by Crippen LogP contribution is -2.29. The monoisotopic (exact) mass is 561 g/mol. The fourth-order valence-corrected chi connectivity index (χ4v) is 4.61. The van der Waals surface area contributed by atoms with Crippen molar-refractivity contribution in [3.63, 3.8) is 0 Å². The summed E-state index contributed by atoms with van der Waals surface area (Å²) >= 11 is 6.33. The molecular weight excluding hydrogens is 530 g/mol. The minimum absolute atomic E-state index is 0.107. The van der Waals surface area contributed by atoms with E-state index in [-0.39, 0.29) is 23.6 Å². The third-order valence-corrected chi connectivity index (χ3v) is 6.90. The first-order valence-electron chi connectivity index (χ1n) is 13.0.